The van der Waals surface area contributed by atoms with Crippen molar-refractivity contribution in [3.63, 3.8) is 0 Å². The highest BCUT2D eigenvalue weighted by Gasteiger charge is 2.20. The smallest absolute Gasteiger partial charge is 0.251 e. The zero-order valence-electron chi connectivity index (χ0n) is 16.7. The SMILES string of the molecule is CC[C@@H](NC(=O)c1cccc(S(=O)(=O)N(C)C)c1)c1ccc(OC)c(OC)c1. The molecule has 0 spiro atoms. The molecule has 0 aliphatic rings. The molecule has 0 saturated carbocycles. The van der Waals surface area contributed by atoms with Gasteiger partial charge in [-0.2, -0.15) is 0 Å². The Labute approximate surface area is 166 Å². The average Bonchev–Trinajstić information content (AvgIpc) is 2.71. The third-order valence-electron chi connectivity index (χ3n) is 4.40. The normalized spacial score (nSPS) is 12.5. The quantitative estimate of drug-likeness (QED) is 0.729. The summed E-state index contributed by atoms with van der Waals surface area (Å²) in [7, 11) is 2.40. The number of nitrogens with zero attached hydrogens (tertiary/aromatic N) is 1. The first-order chi connectivity index (χ1) is 13.2. The maximum absolute atomic E-state index is 12.7. The summed E-state index contributed by atoms with van der Waals surface area (Å²) < 4.78 is 36.3. The van der Waals surface area contributed by atoms with Gasteiger partial charge in [-0.3, -0.25) is 4.79 Å². The Bertz CT molecular complexity index is 941. The summed E-state index contributed by atoms with van der Waals surface area (Å²) in [6, 6.07) is 11.2. The van der Waals surface area contributed by atoms with E-state index in [1.165, 1.54) is 26.2 Å². The first-order valence-electron chi connectivity index (χ1n) is 8.80. The number of sulfonamides is 1. The highest BCUT2D eigenvalue weighted by Crippen LogP contribution is 2.31. The Kier molecular flexibility index (Phi) is 7.04. The van der Waals surface area contributed by atoms with Gasteiger partial charge in [0.25, 0.3) is 5.91 Å². The molecule has 0 bridgehead atoms. The van der Waals surface area contributed by atoms with Crippen LogP contribution in [0.3, 0.4) is 0 Å². The van der Waals surface area contributed by atoms with E-state index >= 15 is 0 Å². The minimum absolute atomic E-state index is 0.0734. The first kappa shape index (κ1) is 21.7. The van der Waals surface area contributed by atoms with E-state index < -0.39 is 10.0 Å². The molecule has 2 rings (SSSR count). The Hall–Kier alpha value is -2.58. The van der Waals surface area contributed by atoms with Gasteiger partial charge < -0.3 is 14.8 Å². The van der Waals surface area contributed by atoms with Crippen LogP contribution in [0, 0.1) is 0 Å². The largest absolute Gasteiger partial charge is 0.493 e. The number of amides is 1. The number of hydrogen-bond donors (Lipinski definition) is 1. The van der Waals surface area contributed by atoms with Gasteiger partial charge in [-0.25, -0.2) is 12.7 Å². The van der Waals surface area contributed by atoms with E-state index in [1.54, 1.807) is 32.4 Å². The molecule has 0 radical (unpaired) electrons. The average molecular weight is 407 g/mol. The molecule has 152 valence electrons. The molecule has 0 aliphatic heterocycles. The third kappa shape index (κ3) is 4.63. The van der Waals surface area contributed by atoms with Crippen LogP contribution in [0.5, 0.6) is 11.5 Å². The van der Waals surface area contributed by atoms with Gasteiger partial charge in [0.2, 0.25) is 10.0 Å². The molecule has 0 fully saturated rings. The molecular formula is C20H26N2O5S. The van der Waals surface area contributed by atoms with Crippen LogP contribution in [0.2, 0.25) is 0 Å². The van der Waals surface area contributed by atoms with Gasteiger partial charge >= 0.3 is 0 Å². The van der Waals surface area contributed by atoms with Crippen LogP contribution < -0.4 is 14.8 Å². The van der Waals surface area contributed by atoms with Crippen LogP contribution >= 0.6 is 0 Å². The lowest BCUT2D eigenvalue weighted by Crippen LogP contribution is -2.28. The number of carbonyl (C=O) groups is 1. The van der Waals surface area contributed by atoms with Crippen molar-refractivity contribution >= 4 is 15.9 Å². The molecule has 0 heterocycles. The molecule has 28 heavy (non-hydrogen) atoms. The Morgan fingerprint density at radius 3 is 2.32 bits per heavy atom. The first-order valence-corrected chi connectivity index (χ1v) is 10.2. The van der Waals surface area contributed by atoms with Crippen molar-refractivity contribution in [2.75, 3.05) is 28.3 Å². The zero-order valence-corrected chi connectivity index (χ0v) is 17.5. The van der Waals surface area contributed by atoms with Crippen LogP contribution in [0.1, 0.15) is 35.3 Å². The second-order valence-corrected chi connectivity index (χ2v) is 8.52. The van der Waals surface area contributed by atoms with Crippen molar-refractivity contribution in [2.24, 2.45) is 0 Å². The molecule has 2 aromatic rings. The monoisotopic (exact) mass is 406 g/mol. The minimum Gasteiger partial charge on any atom is -0.493 e. The lowest BCUT2D eigenvalue weighted by molar-refractivity contribution is 0.0935. The minimum atomic E-state index is -3.61. The summed E-state index contributed by atoms with van der Waals surface area (Å²) in [4.78, 5) is 12.8. The van der Waals surface area contributed by atoms with Gasteiger partial charge in [-0.05, 0) is 42.3 Å². The number of rotatable bonds is 8. The Balaban J connectivity index is 2.28. The number of carbonyl (C=O) groups excluding carboxylic acids is 1. The number of methoxy groups -OCH3 is 2. The predicted octanol–water partition coefficient (Wildman–Crippen LogP) is 2.84. The number of nitrogens with one attached hydrogen (secondary N) is 1. The summed E-state index contributed by atoms with van der Waals surface area (Å²) >= 11 is 0. The van der Waals surface area contributed by atoms with E-state index in [-0.39, 0.29) is 22.4 Å². The van der Waals surface area contributed by atoms with Crippen molar-refractivity contribution in [3.05, 3.63) is 53.6 Å². The highest BCUT2D eigenvalue weighted by molar-refractivity contribution is 7.89. The number of hydrogen-bond acceptors (Lipinski definition) is 5. The van der Waals surface area contributed by atoms with E-state index in [0.29, 0.717) is 17.9 Å². The second-order valence-electron chi connectivity index (χ2n) is 6.36. The van der Waals surface area contributed by atoms with E-state index in [9.17, 15) is 13.2 Å². The molecule has 8 heteroatoms. The van der Waals surface area contributed by atoms with E-state index in [1.807, 2.05) is 19.1 Å². The summed E-state index contributed by atoms with van der Waals surface area (Å²) in [5.74, 6) is 0.832. The van der Waals surface area contributed by atoms with Gasteiger partial charge in [0, 0.05) is 19.7 Å². The standard InChI is InChI=1S/C20H26N2O5S/c1-6-17(14-10-11-18(26-4)19(13-14)27-5)21-20(23)15-8-7-9-16(12-15)28(24,25)22(2)3/h7-13,17H,6H2,1-5H3,(H,21,23)/t17-/m1/s1. The van der Waals surface area contributed by atoms with Crippen LogP contribution in [0.25, 0.3) is 0 Å². The Morgan fingerprint density at radius 1 is 1.07 bits per heavy atom. The molecule has 0 saturated heterocycles. The molecule has 1 N–H and O–H groups in total. The van der Waals surface area contributed by atoms with Crippen molar-refractivity contribution in [1.29, 1.82) is 0 Å². The van der Waals surface area contributed by atoms with Crippen LogP contribution in [0.4, 0.5) is 0 Å². The van der Waals surface area contributed by atoms with E-state index in [2.05, 4.69) is 5.32 Å². The fraction of sp³-hybridized carbons (Fsp3) is 0.350. The summed E-state index contributed by atoms with van der Waals surface area (Å²) in [6.07, 6.45) is 0.650. The van der Waals surface area contributed by atoms with Crippen molar-refractivity contribution in [3.8, 4) is 11.5 Å². The van der Waals surface area contributed by atoms with Crippen LogP contribution in [-0.2, 0) is 10.0 Å². The van der Waals surface area contributed by atoms with Crippen molar-refractivity contribution in [2.45, 2.75) is 24.3 Å². The van der Waals surface area contributed by atoms with Gasteiger partial charge in [0.05, 0.1) is 25.2 Å². The molecule has 1 atom stereocenters. The molecule has 7 nitrogen and oxygen atoms in total. The summed E-state index contributed by atoms with van der Waals surface area (Å²) in [5, 5.41) is 2.95. The molecular weight excluding hydrogens is 380 g/mol. The molecule has 0 unspecified atom stereocenters. The van der Waals surface area contributed by atoms with Crippen molar-refractivity contribution < 1.29 is 22.7 Å². The van der Waals surface area contributed by atoms with Gasteiger partial charge in [-0.1, -0.05) is 19.1 Å². The molecule has 0 aliphatic carbocycles. The number of ether oxygens (including phenoxy) is 2. The Morgan fingerprint density at radius 2 is 1.75 bits per heavy atom. The maximum atomic E-state index is 12.7. The second kappa shape index (κ2) is 9.07. The predicted molar refractivity (Wildman–Crippen MR) is 107 cm³/mol. The summed E-state index contributed by atoms with van der Waals surface area (Å²) in [6.45, 7) is 1.95. The lowest BCUT2D eigenvalue weighted by Gasteiger charge is -2.19. The molecule has 1 amide bonds. The van der Waals surface area contributed by atoms with E-state index in [0.717, 1.165) is 9.87 Å². The van der Waals surface area contributed by atoms with Gasteiger partial charge in [-0.15, -0.1) is 0 Å². The molecule has 0 aromatic heterocycles. The van der Waals surface area contributed by atoms with Gasteiger partial charge in [0.1, 0.15) is 0 Å². The highest BCUT2D eigenvalue weighted by atomic mass is 32.2. The maximum Gasteiger partial charge on any atom is 0.251 e. The summed E-state index contributed by atoms with van der Waals surface area (Å²) in [5.41, 5.74) is 1.15. The van der Waals surface area contributed by atoms with Crippen molar-refractivity contribution in [1.82, 2.24) is 9.62 Å². The number of benzene rings is 2. The lowest BCUT2D eigenvalue weighted by atomic mass is 10.0. The third-order valence-corrected chi connectivity index (χ3v) is 6.21. The fourth-order valence-corrected chi connectivity index (χ4v) is 3.69. The molecule has 2 aromatic carbocycles. The zero-order chi connectivity index (χ0) is 20.9. The topological polar surface area (TPSA) is 84.9 Å². The van der Waals surface area contributed by atoms with Gasteiger partial charge in [0.15, 0.2) is 11.5 Å². The van der Waals surface area contributed by atoms with Crippen LogP contribution in [-0.4, -0.2) is 46.9 Å². The van der Waals surface area contributed by atoms with Crippen LogP contribution in [0.15, 0.2) is 47.4 Å². The van der Waals surface area contributed by atoms with E-state index in [4.69, 9.17) is 9.47 Å². The fourth-order valence-electron chi connectivity index (χ4n) is 2.74.